The lowest BCUT2D eigenvalue weighted by Gasteiger charge is -2.24. The van der Waals surface area contributed by atoms with Gasteiger partial charge < -0.3 is 20.5 Å². The molecule has 1 aliphatic heterocycles. The maximum absolute atomic E-state index is 12.7. The molecule has 0 saturated heterocycles. The number of hydrogen-bond donors (Lipinski definition) is 2. The molecule has 3 N–H and O–H groups in total. The SMILES string of the molecule is CCOc1ccc2nc(-n3nc(C)c4c3NC(=O)CC4c3ccc(OCC(N)=O)cc3)sc2c1. The summed E-state index contributed by atoms with van der Waals surface area (Å²) in [5.41, 5.74) is 8.72. The second-order valence-corrected chi connectivity index (χ2v) is 8.96. The van der Waals surface area contributed by atoms with E-state index in [4.69, 9.17) is 25.3 Å². The average Bonchev–Trinajstić information content (AvgIpc) is 3.38. The lowest BCUT2D eigenvalue weighted by molar-refractivity contribution is -0.120. The molecule has 0 radical (unpaired) electrons. The number of carbonyl (C=O) groups excluding carboxylic acids is 2. The number of carbonyl (C=O) groups is 2. The number of thiazole rings is 1. The van der Waals surface area contributed by atoms with Gasteiger partial charge in [-0.2, -0.15) is 9.78 Å². The van der Waals surface area contributed by atoms with Crippen LogP contribution in [-0.4, -0.2) is 39.8 Å². The van der Waals surface area contributed by atoms with Crippen LogP contribution in [0, 0.1) is 6.92 Å². The molecule has 0 aliphatic carbocycles. The standard InChI is InChI=1S/C24H23N5O4S/c1-3-32-16-8-9-18-19(10-16)34-24(26-18)29-23-22(13(2)28-29)17(11-21(31)27-23)14-4-6-15(7-5-14)33-12-20(25)30/h4-10,17H,3,11-12H2,1-2H3,(H2,25,30)(H,27,31). The summed E-state index contributed by atoms with van der Waals surface area (Å²) in [5, 5.41) is 8.40. The van der Waals surface area contributed by atoms with E-state index in [2.05, 4.69) is 5.32 Å². The molecular weight excluding hydrogens is 454 g/mol. The Balaban J connectivity index is 1.51. The van der Waals surface area contributed by atoms with E-state index in [1.165, 1.54) is 11.3 Å². The van der Waals surface area contributed by atoms with Crippen LogP contribution in [0.5, 0.6) is 11.5 Å². The number of nitrogens with two attached hydrogens (primary N) is 1. The maximum Gasteiger partial charge on any atom is 0.255 e. The number of ether oxygens (including phenoxy) is 2. The van der Waals surface area contributed by atoms with Gasteiger partial charge in [-0.1, -0.05) is 23.5 Å². The van der Waals surface area contributed by atoms with Gasteiger partial charge in [-0.3, -0.25) is 9.59 Å². The van der Waals surface area contributed by atoms with Gasteiger partial charge in [0.25, 0.3) is 5.91 Å². The normalized spacial score (nSPS) is 15.1. The number of rotatable bonds is 7. The van der Waals surface area contributed by atoms with E-state index in [0.717, 1.165) is 32.8 Å². The molecule has 9 nitrogen and oxygen atoms in total. The number of amides is 2. The minimum absolute atomic E-state index is 0.0903. The molecule has 1 aliphatic rings. The molecule has 0 bridgehead atoms. The third kappa shape index (κ3) is 4.08. The number of primary amides is 1. The van der Waals surface area contributed by atoms with E-state index >= 15 is 0 Å². The molecule has 174 valence electrons. The summed E-state index contributed by atoms with van der Waals surface area (Å²) in [6, 6.07) is 13.1. The fraction of sp³-hybridized carbons (Fsp3) is 0.250. The molecule has 34 heavy (non-hydrogen) atoms. The second kappa shape index (κ2) is 8.79. The smallest absolute Gasteiger partial charge is 0.255 e. The summed E-state index contributed by atoms with van der Waals surface area (Å²) < 4.78 is 13.6. The number of nitrogens with one attached hydrogen (secondary N) is 1. The lowest BCUT2D eigenvalue weighted by atomic mass is 9.86. The number of aryl methyl sites for hydroxylation is 1. The van der Waals surface area contributed by atoms with Gasteiger partial charge in [-0.25, -0.2) is 4.98 Å². The highest BCUT2D eigenvalue weighted by Crippen LogP contribution is 2.41. The zero-order valence-corrected chi connectivity index (χ0v) is 19.5. The first-order valence-corrected chi connectivity index (χ1v) is 11.7. The first-order chi connectivity index (χ1) is 16.4. The molecule has 3 heterocycles. The summed E-state index contributed by atoms with van der Waals surface area (Å²) in [5.74, 6) is 1.17. The molecule has 10 heteroatoms. The molecule has 2 aromatic carbocycles. The number of nitrogens with zero attached hydrogens (tertiary/aromatic N) is 3. The number of fused-ring (bicyclic) bond motifs is 2. The van der Waals surface area contributed by atoms with Crippen LogP contribution in [0.3, 0.4) is 0 Å². The van der Waals surface area contributed by atoms with Crippen molar-refractivity contribution in [3.05, 3.63) is 59.3 Å². The van der Waals surface area contributed by atoms with Gasteiger partial charge in [0, 0.05) is 17.9 Å². The van der Waals surface area contributed by atoms with E-state index < -0.39 is 5.91 Å². The van der Waals surface area contributed by atoms with Crippen LogP contribution in [0.1, 0.15) is 36.1 Å². The first kappa shape index (κ1) is 21.9. The van der Waals surface area contributed by atoms with E-state index in [0.29, 0.717) is 29.7 Å². The van der Waals surface area contributed by atoms with E-state index in [-0.39, 0.29) is 18.4 Å². The molecule has 2 amide bonds. The van der Waals surface area contributed by atoms with Gasteiger partial charge in [-0.05, 0) is 49.7 Å². The first-order valence-electron chi connectivity index (χ1n) is 10.9. The summed E-state index contributed by atoms with van der Waals surface area (Å²) in [6.45, 7) is 4.29. The van der Waals surface area contributed by atoms with Gasteiger partial charge in [0.2, 0.25) is 11.0 Å². The summed E-state index contributed by atoms with van der Waals surface area (Å²) in [6.07, 6.45) is 0.304. The van der Waals surface area contributed by atoms with Crippen molar-refractivity contribution in [1.29, 1.82) is 0 Å². The highest BCUT2D eigenvalue weighted by Gasteiger charge is 2.33. The third-order valence-corrected chi connectivity index (χ3v) is 6.60. The zero-order chi connectivity index (χ0) is 23.8. The van der Waals surface area contributed by atoms with Gasteiger partial charge in [0.15, 0.2) is 6.61 Å². The Kier molecular flexibility index (Phi) is 5.66. The molecule has 0 spiro atoms. The van der Waals surface area contributed by atoms with Gasteiger partial charge in [0.05, 0.1) is 22.5 Å². The zero-order valence-electron chi connectivity index (χ0n) is 18.7. The molecular formula is C24H23N5O4S. The monoisotopic (exact) mass is 477 g/mol. The Morgan fingerprint density at radius 2 is 1.97 bits per heavy atom. The topological polar surface area (TPSA) is 121 Å². The number of hydrogen-bond acceptors (Lipinski definition) is 7. The fourth-order valence-corrected chi connectivity index (χ4v) is 5.11. The van der Waals surface area contributed by atoms with Crippen LogP contribution >= 0.6 is 11.3 Å². The van der Waals surface area contributed by atoms with E-state index in [9.17, 15) is 9.59 Å². The van der Waals surface area contributed by atoms with Gasteiger partial charge >= 0.3 is 0 Å². The molecule has 0 fully saturated rings. The van der Waals surface area contributed by atoms with Gasteiger partial charge in [-0.15, -0.1) is 0 Å². The summed E-state index contributed by atoms with van der Waals surface area (Å²) in [7, 11) is 0. The number of aromatic nitrogens is 3. The van der Waals surface area contributed by atoms with Crippen molar-refractivity contribution in [1.82, 2.24) is 14.8 Å². The van der Waals surface area contributed by atoms with Crippen LogP contribution in [0.15, 0.2) is 42.5 Å². The van der Waals surface area contributed by atoms with E-state index in [1.807, 2.05) is 44.2 Å². The predicted molar refractivity (Wildman–Crippen MR) is 129 cm³/mol. The van der Waals surface area contributed by atoms with Crippen LogP contribution in [0.4, 0.5) is 5.82 Å². The predicted octanol–water partition coefficient (Wildman–Crippen LogP) is 3.53. The minimum atomic E-state index is -0.537. The number of anilines is 1. The Morgan fingerprint density at radius 3 is 2.71 bits per heavy atom. The Labute approximate surface area is 199 Å². The Bertz CT molecular complexity index is 1390. The molecule has 2 aromatic heterocycles. The van der Waals surface area contributed by atoms with Crippen LogP contribution in [-0.2, 0) is 9.59 Å². The molecule has 4 aromatic rings. The highest BCUT2D eigenvalue weighted by atomic mass is 32.1. The fourth-order valence-electron chi connectivity index (χ4n) is 4.16. The average molecular weight is 478 g/mol. The minimum Gasteiger partial charge on any atom is -0.494 e. The maximum atomic E-state index is 12.7. The van der Waals surface area contributed by atoms with Crippen molar-refractivity contribution in [3.63, 3.8) is 0 Å². The number of benzene rings is 2. The summed E-state index contributed by atoms with van der Waals surface area (Å²) in [4.78, 5) is 28.4. The van der Waals surface area contributed by atoms with Crippen molar-refractivity contribution in [2.45, 2.75) is 26.2 Å². The second-order valence-electron chi connectivity index (χ2n) is 7.95. The molecule has 0 saturated carbocycles. The van der Waals surface area contributed by atoms with E-state index in [1.54, 1.807) is 16.8 Å². The van der Waals surface area contributed by atoms with Crippen LogP contribution < -0.4 is 20.5 Å². The highest BCUT2D eigenvalue weighted by molar-refractivity contribution is 7.20. The molecule has 1 unspecified atom stereocenters. The van der Waals surface area contributed by atoms with Crippen molar-refractivity contribution < 1.29 is 19.1 Å². The Hall–Kier alpha value is -3.92. The largest absolute Gasteiger partial charge is 0.494 e. The van der Waals surface area contributed by atoms with Crippen molar-refractivity contribution in [2.75, 3.05) is 18.5 Å². The van der Waals surface area contributed by atoms with Crippen LogP contribution in [0.2, 0.25) is 0 Å². The van der Waals surface area contributed by atoms with Crippen molar-refractivity contribution in [3.8, 4) is 16.6 Å². The Morgan fingerprint density at radius 1 is 1.21 bits per heavy atom. The quantitative estimate of drug-likeness (QED) is 0.420. The van der Waals surface area contributed by atoms with Gasteiger partial charge in [0.1, 0.15) is 17.3 Å². The van der Waals surface area contributed by atoms with Crippen LogP contribution in [0.25, 0.3) is 15.3 Å². The third-order valence-electron chi connectivity index (χ3n) is 5.61. The summed E-state index contributed by atoms with van der Waals surface area (Å²) >= 11 is 1.49. The molecule has 1 atom stereocenters. The molecule has 5 rings (SSSR count). The lowest BCUT2D eigenvalue weighted by Crippen LogP contribution is -2.25. The van der Waals surface area contributed by atoms with Crippen molar-refractivity contribution >= 4 is 39.2 Å². The van der Waals surface area contributed by atoms with Crippen molar-refractivity contribution in [2.24, 2.45) is 5.73 Å².